The summed E-state index contributed by atoms with van der Waals surface area (Å²) in [5, 5.41) is 4.99. The average Bonchev–Trinajstić information content (AvgIpc) is 3.38. The van der Waals surface area contributed by atoms with Crippen molar-refractivity contribution in [2.45, 2.75) is 12.7 Å². The van der Waals surface area contributed by atoms with E-state index in [1.165, 1.54) is 0 Å². The van der Waals surface area contributed by atoms with Gasteiger partial charge in [0.1, 0.15) is 0 Å². The van der Waals surface area contributed by atoms with Crippen LogP contribution in [-0.2, 0) is 12.7 Å². The van der Waals surface area contributed by atoms with E-state index in [1.807, 2.05) is 46.9 Å². The van der Waals surface area contributed by atoms with Crippen molar-refractivity contribution in [3.05, 3.63) is 102 Å². The molecule has 39 heavy (non-hydrogen) atoms. The third-order valence-electron chi connectivity index (χ3n) is 5.85. The highest BCUT2D eigenvalue weighted by Crippen LogP contribution is 2.34. The summed E-state index contributed by atoms with van der Waals surface area (Å²) in [7, 11) is 1.92. The Morgan fingerprint density at radius 2 is 1.85 bits per heavy atom. The van der Waals surface area contributed by atoms with Gasteiger partial charge in [-0.3, -0.25) is 4.98 Å². The van der Waals surface area contributed by atoms with Crippen molar-refractivity contribution in [1.29, 1.82) is 0 Å². The molecule has 2 N–H and O–H groups in total. The number of carbonyl (C=O) groups is 1. The van der Waals surface area contributed by atoms with Crippen LogP contribution in [0.4, 0.5) is 35.2 Å². The minimum atomic E-state index is -4.57. The SMILES string of the molecule is CN(Cc1ccncc1)c1nc(-c2cccc(NC(=O)Nc3cc(C(F)(F)F)ccc3Cl)c2)cn2ccnc12. The number of anilines is 3. The van der Waals surface area contributed by atoms with Crippen molar-refractivity contribution < 1.29 is 18.0 Å². The number of benzene rings is 2. The monoisotopic (exact) mass is 551 g/mol. The van der Waals surface area contributed by atoms with Crippen LogP contribution >= 0.6 is 11.6 Å². The van der Waals surface area contributed by atoms with Gasteiger partial charge in [0.15, 0.2) is 11.5 Å². The molecule has 3 heterocycles. The Balaban J connectivity index is 1.38. The fourth-order valence-electron chi connectivity index (χ4n) is 3.99. The topological polar surface area (TPSA) is 87.5 Å². The summed E-state index contributed by atoms with van der Waals surface area (Å²) in [5.41, 5.74) is 2.40. The molecule has 3 aromatic heterocycles. The predicted octanol–water partition coefficient (Wildman–Crippen LogP) is 6.74. The highest BCUT2D eigenvalue weighted by atomic mass is 35.5. The number of amides is 2. The number of pyridine rings is 1. The largest absolute Gasteiger partial charge is 0.416 e. The van der Waals surface area contributed by atoms with E-state index in [0.717, 1.165) is 23.8 Å². The molecule has 0 atom stereocenters. The molecule has 0 fully saturated rings. The highest BCUT2D eigenvalue weighted by Gasteiger charge is 2.31. The van der Waals surface area contributed by atoms with Crippen LogP contribution in [0.5, 0.6) is 0 Å². The molecule has 2 aromatic carbocycles. The second-order valence-electron chi connectivity index (χ2n) is 8.67. The van der Waals surface area contributed by atoms with Crippen LogP contribution in [0, 0.1) is 0 Å². The number of nitrogens with zero attached hydrogens (tertiary/aromatic N) is 5. The fourth-order valence-corrected chi connectivity index (χ4v) is 4.15. The maximum atomic E-state index is 13.1. The Morgan fingerprint density at radius 3 is 2.62 bits per heavy atom. The normalized spacial score (nSPS) is 11.4. The molecule has 0 unspecified atom stereocenters. The number of aromatic nitrogens is 4. The van der Waals surface area contributed by atoms with E-state index >= 15 is 0 Å². The first-order chi connectivity index (χ1) is 18.7. The second kappa shape index (κ2) is 10.6. The molecule has 0 aliphatic rings. The zero-order chi connectivity index (χ0) is 27.6. The van der Waals surface area contributed by atoms with Gasteiger partial charge in [0, 0.05) is 55.8 Å². The summed E-state index contributed by atoms with van der Waals surface area (Å²) in [6.07, 6.45) is 4.22. The molecule has 8 nitrogen and oxygen atoms in total. The van der Waals surface area contributed by atoms with Crippen molar-refractivity contribution in [2.75, 3.05) is 22.6 Å². The molecule has 0 aliphatic carbocycles. The molecule has 198 valence electrons. The van der Waals surface area contributed by atoms with Gasteiger partial charge in [-0.25, -0.2) is 14.8 Å². The molecular formula is C27H21ClF3N7O. The summed E-state index contributed by atoms with van der Waals surface area (Å²) in [6, 6.07) is 12.8. The maximum Gasteiger partial charge on any atom is 0.416 e. The minimum Gasteiger partial charge on any atom is -0.352 e. The second-order valence-corrected chi connectivity index (χ2v) is 9.08. The Kier molecular flexibility index (Phi) is 7.07. The Bertz CT molecular complexity index is 1640. The molecular weight excluding hydrogens is 531 g/mol. The summed E-state index contributed by atoms with van der Waals surface area (Å²) in [5.74, 6) is 0.657. The number of hydrogen-bond acceptors (Lipinski definition) is 5. The molecule has 0 spiro atoms. The lowest BCUT2D eigenvalue weighted by Crippen LogP contribution is -2.20. The molecule has 12 heteroatoms. The average molecular weight is 552 g/mol. The molecule has 0 radical (unpaired) electrons. The van der Waals surface area contributed by atoms with Crippen LogP contribution < -0.4 is 15.5 Å². The lowest BCUT2D eigenvalue weighted by Gasteiger charge is -2.20. The first-order valence-electron chi connectivity index (χ1n) is 11.7. The number of alkyl halides is 3. The lowest BCUT2D eigenvalue weighted by atomic mass is 10.1. The van der Waals surface area contributed by atoms with Gasteiger partial charge in [-0.1, -0.05) is 23.7 Å². The van der Waals surface area contributed by atoms with Gasteiger partial charge in [-0.15, -0.1) is 0 Å². The summed E-state index contributed by atoms with van der Waals surface area (Å²) < 4.78 is 41.1. The van der Waals surface area contributed by atoms with Gasteiger partial charge in [-0.05, 0) is 48.0 Å². The van der Waals surface area contributed by atoms with Crippen molar-refractivity contribution in [3.63, 3.8) is 0 Å². The maximum absolute atomic E-state index is 13.1. The molecule has 2 amide bonds. The van der Waals surface area contributed by atoms with Crippen LogP contribution in [0.1, 0.15) is 11.1 Å². The Hall–Kier alpha value is -4.64. The van der Waals surface area contributed by atoms with Crippen molar-refractivity contribution >= 4 is 40.5 Å². The predicted molar refractivity (Wildman–Crippen MR) is 144 cm³/mol. The van der Waals surface area contributed by atoms with Crippen LogP contribution in [0.3, 0.4) is 0 Å². The molecule has 0 saturated carbocycles. The molecule has 0 bridgehead atoms. The zero-order valence-corrected chi connectivity index (χ0v) is 21.2. The third-order valence-corrected chi connectivity index (χ3v) is 6.17. The number of rotatable bonds is 6. The van der Waals surface area contributed by atoms with Crippen LogP contribution in [-0.4, -0.2) is 32.4 Å². The number of hydrogen-bond donors (Lipinski definition) is 2. The zero-order valence-electron chi connectivity index (χ0n) is 20.4. The summed E-state index contributed by atoms with van der Waals surface area (Å²) in [4.78, 5) is 27.9. The smallest absolute Gasteiger partial charge is 0.352 e. The Labute approximate surface area is 226 Å². The van der Waals surface area contributed by atoms with Crippen molar-refractivity contribution in [1.82, 2.24) is 19.4 Å². The highest BCUT2D eigenvalue weighted by molar-refractivity contribution is 6.33. The van der Waals surface area contributed by atoms with Gasteiger partial charge in [0.2, 0.25) is 0 Å². The number of imidazole rings is 1. The van der Waals surface area contributed by atoms with E-state index in [0.29, 0.717) is 35.0 Å². The first-order valence-corrected chi connectivity index (χ1v) is 12.0. The van der Waals surface area contributed by atoms with E-state index in [2.05, 4.69) is 20.6 Å². The number of fused-ring (bicyclic) bond motifs is 1. The molecule has 5 rings (SSSR count). The van der Waals surface area contributed by atoms with Crippen molar-refractivity contribution in [3.8, 4) is 11.3 Å². The number of urea groups is 1. The third kappa shape index (κ3) is 5.93. The summed E-state index contributed by atoms with van der Waals surface area (Å²) >= 11 is 6.00. The van der Waals surface area contributed by atoms with E-state index in [4.69, 9.17) is 16.6 Å². The standard InChI is InChI=1S/C27H21ClF3N7O/c1-37(15-17-7-9-32-10-8-17)25-24-33-11-12-38(24)16-23(35-25)18-3-2-4-20(13-18)34-26(39)36-22-14-19(27(29,30)31)5-6-21(22)28/h2-14,16H,15H2,1H3,(H2,34,36,39). The molecule has 5 aromatic rings. The summed E-state index contributed by atoms with van der Waals surface area (Å²) in [6.45, 7) is 0.585. The van der Waals surface area contributed by atoms with Gasteiger partial charge >= 0.3 is 12.2 Å². The number of carbonyl (C=O) groups excluding carboxylic acids is 1. The van der Waals surface area contributed by atoms with E-state index in [9.17, 15) is 18.0 Å². The van der Waals surface area contributed by atoms with Crippen LogP contribution in [0.25, 0.3) is 16.9 Å². The van der Waals surface area contributed by atoms with E-state index < -0.39 is 17.8 Å². The number of nitrogens with one attached hydrogen (secondary N) is 2. The quantitative estimate of drug-likeness (QED) is 0.244. The number of halogens is 4. The first kappa shape index (κ1) is 26.0. The van der Waals surface area contributed by atoms with Gasteiger partial charge in [-0.2, -0.15) is 13.2 Å². The molecule has 0 aliphatic heterocycles. The van der Waals surface area contributed by atoms with Crippen LogP contribution in [0.2, 0.25) is 5.02 Å². The van der Waals surface area contributed by atoms with Gasteiger partial charge in [0.25, 0.3) is 0 Å². The lowest BCUT2D eigenvalue weighted by molar-refractivity contribution is -0.137. The van der Waals surface area contributed by atoms with Crippen LogP contribution in [0.15, 0.2) is 85.6 Å². The van der Waals surface area contributed by atoms with Gasteiger partial charge in [0.05, 0.1) is 22.0 Å². The Morgan fingerprint density at radius 1 is 1.05 bits per heavy atom. The van der Waals surface area contributed by atoms with E-state index in [-0.39, 0.29) is 10.7 Å². The molecule has 0 saturated heterocycles. The minimum absolute atomic E-state index is 0.0202. The van der Waals surface area contributed by atoms with Crippen molar-refractivity contribution in [2.24, 2.45) is 0 Å². The van der Waals surface area contributed by atoms with Gasteiger partial charge < -0.3 is 19.9 Å². The fraction of sp³-hybridized carbons (Fsp3) is 0.111. The van der Waals surface area contributed by atoms with E-state index in [1.54, 1.807) is 36.8 Å².